The summed E-state index contributed by atoms with van der Waals surface area (Å²) < 4.78 is 32.8. The number of sulfonamides is 1. The number of rotatable bonds is 14. The first-order chi connectivity index (χ1) is 14.8. The Morgan fingerprint density at radius 3 is 2.39 bits per heavy atom. The topological polar surface area (TPSA) is 120 Å². The van der Waals surface area contributed by atoms with Gasteiger partial charge in [0.15, 0.2) is 12.4 Å². The summed E-state index contributed by atoms with van der Waals surface area (Å²) in [4.78, 5) is 11.5. The number of ether oxygens (including phenoxy) is 1. The van der Waals surface area contributed by atoms with Crippen molar-refractivity contribution in [2.75, 3.05) is 12.4 Å². The van der Waals surface area contributed by atoms with Crippen LogP contribution in [0.5, 0.6) is 5.75 Å². The minimum atomic E-state index is -3.63. The van der Waals surface area contributed by atoms with E-state index in [1.807, 2.05) is 6.92 Å². The lowest BCUT2D eigenvalue weighted by Crippen LogP contribution is -2.43. The van der Waals surface area contributed by atoms with Crippen molar-refractivity contribution in [1.82, 2.24) is 4.72 Å². The van der Waals surface area contributed by atoms with E-state index in [-0.39, 0.29) is 12.2 Å². The van der Waals surface area contributed by atoms with Crippen molar-refractivity contribution >= 4 is 16.0 Å². The van der Waals surface area contributed by atoms with Gasteiger partial charge in [0.25, 0.3) is 0 Å². The number of benzene rings is 1. The van der Waals surface area contributed by atoms with E-state index < -0.39 is 22.0 Å². The Bertz CT molecular complexity index is 914. The molecule has 0 unspecified atom stereocenters. The number of carboxylic acids is 1. The van der Waals surface area contributed by atoms with Gasteiger partial charge in [-0.3, -0.25) is 4.79 Å². The lowest BCUT2D eigenvalue weighted by atomic mass is 10.1. The first-order valence-corrected chi connectivity index (χ1v) is 12.1. The highest BCUT2D eigenvalue weighted by Crippen LogP contribution is 2.15. The second kappa shape index (κ2) is 12.3. The van der Waals surface area contributed by atoms with Crippen LogP contribution in [0.1, 0.15) is 43.7 Å². The number of aliphatic carboxylic acids is 1. The average Bonchev–Trinajstić information content (AvgIpc) is 2.74. The first-order valence-electron chi connectivity index (χ1n) is 10.4. The van der Waals surface area contributed by atoms with Crippen LogP contribution in [0.4, 0.5) is 0 Å². The maximum atomic E-state index is 12.0. The van der Waals surface area contributed by atoms with Crippen LogP contribution in [0.15, 0.2) is 48.8 Å². The molecule has 8 nitrogen and oxygen atoms in total. The van der Waals surface area contributed by atoms with Gasteiger partial charge in [-0.2, -0.15) is 4.73 Å². The Balaban J connectivity index is 1.77. The molecule has 0 aliphatic heterocycles. The molecule has 1 atom stereocenters. The number of hydrogen-bond donors (Lipinski definition) is 2. The second-order valence-electron chi connectivity index (χ2n) is 7.40. The summed E-state index contributed by atoms with van der Waals surface area (Å²) in [5.74, 6) is -0.613. The van der Waals surface area contributed by atoms with Gasteiger partial charge in [0, 0.05) is 12.1 Å². The van der Waals surface area contributed by atoms with Crippen LogP contribution in [0, 0.1) is 5.21 Å². The zero-order valence-electron chi connectivity index (χ0n) is 17.7. The van der Waals surface area contributed by atoms with Crippen molar-refractivity contribution in [2.45, 2.75) is 51.5 Å². The van der Waals surface area contributed by atoms with E-state index in [1.165, 1.54) is 12.4 Å². The third kappa shape index (κ3) is 9.35. The third-order valence-corrected chi connectivity index (χ3v) is 6.22. The van der Waals surface area contributed by atoms with Gasteiger partial charge in [0.2, 0.25) is 10.0 Å². The molecule has 1 aromatic heterocycles. The number of carboxylic acid groups (broad SMARTS) is 1. The molecule has 0 radical (unpaired) electrons. The molecule has 2 aromatic rings. The fraction of sp³-hybridized carbons (Fsp3) is 0.455. The largest absolute Gasteiger partial charge is 0.619 e. The van der Waals surface area contributed by atoms with Crippen molar-refractivity contribution in [3.8, 4) is 5.75 Å². The second-order valence-corrected chi connectivity index (χ2v) is 9.27. The highest BCUT2D eigenvalue weighted by molar-refractivity contribution is 7.89. The van der Waals surface area contributed by atoms with Gasteiger partial charge in [-0.1, -0.05) is 25.5 Å². The molecule has 0 spiro atoms. The molecule has 170 valence electrons. The summed E-state index contributed by atoms with van der Waals surface area (Å²) >= 11 is 0. The van der Waals surface area contributed by atoms with Crippen molar-refractivity contribution in [2.24, 2.45) is 0 Å². The van der Waals surface area contributed by atoms with Crippen LogP contribution in [-0.4, -0.2) is 37.9 Å². The number of aryl methyl sites for hydroxylation is 1. The van der Waals surface area contributed by atoms with Gasteiger partial charge in [-0.05, 0) is 55.4 Å². The van der Waals surface area contributed by atoms with Crippen molar-refractivity contribution < 1.29 is 27.8 Å². The predicted molar refractivity (Wildman–Crippen MR) is 117 cm³/mol. The van der Waals surface area contributed by atoms with E-state index in [9.17, 15) is 23.5 Å². The van der Waals surface area contributed by atoms with E-state index >= 15 is 0 Å². The minimum absolute atomic E-state index is 0.0569. The molecule has 0 aliphatic carbocycles. The Labute approximate surface area is 183 Å². The maximum absolute atomic E-state index is 12.0. The molecule has 0 fully saturated rings. The Hall–Kier alpha value is -2.65. The van der Waals surface area contributed by atoms with Crippen molar-refractivity contribution in [1.29, 1.82) is 0 Å². The molecule has 0 amide bonds. The standard InChI is InChI=1S/C22H30N2O6S/c1-2-3-16-31(28,29)23-21(22(25)26)17-19-7-9-20(10-8-19)30-15-5-4-6-18-11-13-24(27)14-12-18/h7-14,21,23H,2-6,15-17H2,1H3,(H,25,26)/t21-/m0/s1. The number of unbranched alkanes of at least 4 members (excludes halogenated alkanes) is 2. The lowest BCUT2D eigenvalue weighted by molar-refractivity contribution is -0.605. The molecule has 2 rings (SSSR count). The zero-order chi connectivity index (χ0) is 22.7. The summed E-state index contributed by atoms with van der Waals surface area (Å²) in [5, 5.41) is 20.4. The quantitative estimate of drug-likeness (QED) is 0.259. The highest BCUT2D eigenvalue weighted by atomic mass is 32.2. The van der Waals surface area contributed by atoms with Crippen molar-refractivity contribution in [3.05, 3.63) is 65.1 Å². The predicted octanol–water partition coefficient (Wildman–Crippen LogP) is 2.44. The van der Waals surface area contributed by atoms with E-state index in [2.05, 4.69) is 4.72 Å². The number of pyridine rings is 1. The molecule has 9 heteroatoms. The van der Waals surface area contributed by atoms with E-state index in [1.54, 1.807) is 36.4 Å². The molecule has 0 saturated carbocycles. The number of aromatic nitrogens is 1. The minimum Gasteiger partial charge on any atom is -0.619 e. The average molecular weight is 451 g/mol. The molecule has 0 aliphatic rings. The van der Waals surface area contributed by atoms with E-state index in [0.717, 1.165) is 29.6 Å². The Morgan fingerprint density at radius 2 is 1.77 bits per heavy atom. The van der Waals surface area contributed by atoms with Crippen LogP contribution in [0.2, 0.25) is 0 Å². The zero-order valence-corrected chi connectivity index (χ0v) is 18.5. The molecule has 1 heterocycles. The SMILES string of the molecule is CCCCS(=O)(=O)N[C@@H](Cc1ccc(OCCCCc2cc[n+]([O-])cc2)cc1)C(=O)O. The molecule has 31 heavy (non-hydrogen) atoms. The molecule has 2 N–H and O–H groups in total. The summed E-state index contributed by atoms with van der Waals surface area (Å²) in [5.41, 5.74) is 1.81. The molecule has 0 bridgehead atoms. The van der Waals surface area contributed by atoms with Gasteiger partial charge in [0.05, 0.1) is 12.4 Å². The molecular formula is C22H30N2O6S. The number of nitrogens with one attached hydrogen (secondary N) is 1. The summed E-state index contributed by atoms with van der Waals surface area (Å²) in [6.07, 6.45) is 6.88. The monoisotopic (exact) mass is 450 g/mol. The Kier molecular flexibility index (Phi) is 9.74. The number of hydrogen-bond acceptors (Lipinski definition) is 5. The van der Waals surface area contributed by atoms with Gasteiger partial charge >= 0.3 is 5.97 Å². The number of nitrogens with zero attached hydrogens (tertiary/aromatic N) is 1. The maximum Gasteiger partial charge on any atom is 0.322 e. The summed E-state index contributed by atoms with van der Waals surface area (Å²) in [6, 6.07) is 9.40. The normalized spacial score (nSPS) is 12.4. The van der Waals surface area contributed by atoms with Crippen LogP contribution in [0.3, 0.4) is 0 Å². The smallest absolute Gasteiger partial charge is 0.322 e. The van der Waals surface area contributed by atoms with Crippen LogP contribution in [-0.2, 0) is 27.7 Å². The van der Waals surface area contributed by atoms with Crippen LogP contribution in [0.25, 0.3) is 0 Å². The van der Waals surface area contributed by atoms with Gasteiger partial charge in [-0.25, -0.2) is 13.1 Å². The molecule has 0 saturated heterocycles. The highest BCUT2D eigenvalue weighted by Gasteiger charge is 2.24. The van der Waals surface area contributed by atoms with E-state index in [0.29, 0.717) is 30.8 Å². The molecular weight excluding hydrogens is 420 g/mol. The van der Waals surface area contributed by atoms with E-state index in [4.69, 9.17) is 4.74 Å². The fourth-order valence-corrected chi connectivity index (χ4v) is 4.38. The first kappa shape index (κ1) is 24.6. The summed E-state index contributed by atoms with van der Waals surface area (Å²) in [6.45, 7) is 2.42. The van der Waals surface area contributed by atoms with Crippen molar-refractivity contribution in [3.63, 3.8) is 0 Å². The number of carbonyl (C=O) groups is 1. The summed E-state index contributed by atoms with van der Waals surface area (Å²) in [7, 11) is -3.63. The van der Waals surface area contributed by atoms with Gasteiger partial charge in [-0.15, -0.1) is 0 Å². The van der Waals surface area contributed by atoms with Crippen LogP contribution >= 0.6 is 0 Å². The fourth-order valence-electron chi connectivity index (χ4n) is 2.98. The molecule has 1 aromatic carbocycles. The van der Waals surface area contributed by atoms with Gasteiger partial charge < -0.3 is 15.1 Å². The third-order valence-electron chi connectivity index (χ3n) is 4.75. The van der Waals surface area contributed by atoms with Gasteiger partial charge in [0.1, 0.15) is 11.8 Å². The Morgan fingerprint density at radius 1 is 1.10 bits per heavy atom. The lowest BCUT2D eigenvalue weighted by Gasteiger charge is -2.15. The van der Waals surface area contributed by atoms with Crippen LogP contribution < -0.4 is 14.2 Å².